The summed E-state index contributed by atoms with van der Waals surface area (Å²) in [7, 11) is 1.31. The van der Waals surface area contributed by atoms with Crippen LogP contribution in [0.2, 0.25) is 0 Å². The van der Waals surface area contributed by atoms with Gasteiger partial charge in [-0.05, 0) is 11.6 Å². The van der Waals surface area contributed by atoms with Gasteiger partial charge >= 0.3 is 0 Å². The van der Waals surface area contributed by atoms with Crippen molar-refractivity contribution in [2.45, 2.75) is 0 Å². The van der Waals surface area contributed by atoms with Gasteiger partial charge in [-0.3, -0.25) is 0 Å². The molecule has 0 atom stereocenters. The fourth-order valence-electron chi connectivity index (χ4n) is 0.698. The van der Waals surface area contributed by atoms with E-state index in [0.717, 1.165) is 0 Å². The topological polar surface area (TPSA) is 0 Å². The summed E-state index contributed by atoms with van der Waals surface area (Å²) >= 11 is 0. The van der Waals surface area contributed by atoms with Gasteiger partial charge in [-0.1, -0.05) is 62.8 Å². The van der Waals surface area contributed by atoms with Crippen molar-refractivity contribution in [3.63, 3.8) is 0 Å². The minimum atomic E-state index is 1.31. The molecule has 0 fully saturated rings. The van der Waals surface area contributed by atoms with Gasteiger partial charge in [0.2, 0.25) is 0 Å². The minimum Gasteiger partial charge on any atom is -0.0765 e. The van der Waals surface area contributed by atoms with Crippen molar-refractivity contribution in [2.75, 3.05) is 0 Å². The summed E-state index contributed by atoms with van der Waals surface area (Å²) in [6, 6.07) is 18.1. The Kier molecular flexibility index (Phi) is 4.91. The minimum absolute atomic E-state index is 1.31. The molecule has 0 saturated carbocycles. The second-order valence-electron chi connectivity index (χ2n) is 2.18. The first-order valence-corrected chi connectivity index (χ1v) is 4.88. The molecule has 0 bridgehead atoms. The zero-order chi connectivity index (χ0) is 8.49. The Morgan fingerprint density at radius 3 is 0.917 bits per heavy atom. The summed E-state index contributed by atoms with van der Waals surface area (Å²) in [5, 5.41) is 0. The highest BCUT2D eigenvalue weighted by atomic mass is 31.0. The average Bonchev–Trinajstić information content (AvgIpc) is 2.24. The first-order valence-electron chi connectivity index (χ1n) is 3.85. The van der Waals surface area contributed by atoms with Gasteiger partial charge in [0, 0.05) is 0 Å². The zero-order valence-corrected chi connectivity index (χ0v) is 7.69. The maximum absolute atomic E-state index is 2.10. The molecule has 0 aliphatic rings. The molecule has 0 N–H and O–H groups in total. The predicted molar refractivity (Wildman–Crippen MR) is 55.4 cm³/mol. The average molecular weight is 174 g/mol. The molecule has 0 amide bonds. The lowest BCUT2D eigenvalue weighted by Crippen LogP contribution is -1.47. The molecular weight excluding hydrogens is 163 g/mol. The van der Waals surface area contributed by atoms with Crippen LogP contribution in [0, 0.1) is 0 Å². The van der Waals surface area contributed by atoms with E-state index in [1.54, 1.807) is 0 Å². The van der Waals surface area contributed by atoms with E-state index in [9.17, 15) is 0 Å². The van der Waals surface area contributed by atoms with E-state index in [0.29, 0.717) is 0 Å². The summed E-state index contributed by atoms with van der Waals surface area (Å²) in [4.78, 5) is 0. The van der Waals surface area contributed by atoms with E-state index < -0.39 is 0 Å². The zero-order valence-electron chi connectivity index (χ0n) is 6.80. The van der Waals surface area contributed by atoms with Crippen molar-refractivity contribution in [2.24, 2.45) is 0 Å². The Bertz CT molecular complexity index is 180. The molecule has 0 unspecified atom stereocenters. The number of hydrogen-bond donors (Lipinski definition) is 0. The van der Waals surface area contributed by atoms with Crippen LogP contribution in [0.3, 0.4) is 0 Å². The smallest absolute Gasteiger partial charge is 0.0347 e. The van der Waals surface area contributed by atoms with Crippen LogP contribution in [0.5, 0.6) is 0 Å². The van der Waals surface area contributed by atoms with Crippen molar-refractivity contribution in [3.05, 3.63) is 66.2 Å². The van der Waals surface area contributed by atoms with Crippen LogP contribution in [-0.4, -0.2) is 0 Å². The van der Waals surface area contributed by atoms with Crippen molar-refractivity contribution >= 4 is 8.19 Å². The molecule has 0 spiro atoms. The fraction of sp³-hybridized carbons (Fsp3) is 0. The summed E-state index contributed by atoms with van der Waals surface area (Å²) in [5.74, 6) is 4.19. The van der Waals surface area contributed by atoms with E-state index >= 15 is 0 Å². The maximum Gasteiger partial charge on any atom is -0.0347 e. The van der Waals surface area contributed by atoms with Crippen LogP contribution in [0.15, 0.2) is 66.2 Å². The van der Waals surface area contributed by atoms with Gasteiger partial charge in [-0.25, -0.2) is 0 Å². The second-order valence-corrected chi connectivity index (χ2v) is 3.07. The molecule has 0 aliphatic heterocycles. The normalized spacial score (nSPS) is 8.00. The largest absolute Gasteiger partial charge is 0.0765 e. The molecule has 2 rings (SSSR count). The highest BCUT2D eigenvalue weighted by molar-refractivity contribution is 7.28. The monoisotopic (exact) mass is 174 g/mol. The van der Waals surface area contributed by atoms with E-state index in [1.165, 1.54) is 8.19 Å². The molecule has 0 aliphatic carbocycles. The quantitative estimate of drug-likeness (QED) is 0.567. The highest BCUT2D eigenvalue weighted by Gasteiger charge is 1.59. The lowest BCUT2D eigenvalue weighted by atomic mass is 10.4. The fourth-order valence-corrected chi connectivity index (χ4v) is 1.19. The molecular formula is C11H11P. The molecule has 0 saturated heterocycles. The lowest BCUT2D eigenvalue weighted by molar-refractivity contribution is 1.72. The van der Waals surface area contributed by atoms with Crippen molar-refractivity contribution in [3.8, 4) is 0 Å². The molecule has 1 aromatic carbocycles. The van der Waals surface area contributed by atoms with Crippen LogP contribution in [0.4, 0.5) is 0 Å². The Morgan fingerprint density at radius 2 is 0.750 bits per heavy atom. The molecule has 0 nitrogen and oxygen atoms in total. The van der Waals surface area contributed by atoms with Crippen LogP contribution in [0.1, 0.15) is 0 Å². The van der Waals surface area contributed by atoms with Crippen LogP contribution in [-0.2, 0) is 0 Å². The molecule has 1 heterocycles. The molecule has 0 radical (unpaired) electrons. The summed E-state index contributed by atoms with van der Waals surface area (Å²) in [6.45, 7) is 0. The van der Waals surface area contributed by atoms with Crippen LogP contribution >= 0.6 is 8.19 Å². The second kappa shape index (κ2) is 6.57. The molecule has 1 heteroatoms. The predicted octanol–water partition coefficient (Wildman–Crippen LogP) is 3.95. The number of benzene rings is 1. The Hall–Kier alpha value is -1.13. The van der Waals surface area contributed by atoms with Gasteiger partial charge in [0.05, 0.1) is 0 Å². The summed E-state index contributed by atoms with van der Waals surface area (Å²) in [6.07, 6.45) is 0. The highest BCUT2D eigenvalue weighted by Crippen LogP contribution is 1.98. The third-order valence-corrected chi connectivity index (χ3v) is 1.92. The molecule has 12 heavy (non-hydrogen) atoms. The van der Waals surface area contributed by atoms with E-state index in [-0.39, 0.29) is 0 Å². The van der Waals surface area contributed by atoms with Gasteiger partial charge in [0.1, 0.15) is 0 Å². The summed E-state index contributed by atoms with van der Waals surface area (Å²) < 4.78 is 0. The van der Waals surface area contributed by atoms with Crippen molar-refractivity contribution in [1.82, 2.24) is 0 Å². The van der Waals surface area contributed by atoms with Gasteiger partial charge in [-0.15, -0.1) is 0 Å². The maximum atomic E-state index is 2.10. The van der Waals surface area contributed by atoms with Gasteiger partial charge in [0.25, 0.3) is 0 Å². The van der Waals surface area contributed by atoms with E-state index in [1.807, 2.05) is 54.6 Å². The Morgan fingerprint density at radius 1 is 0.417 bits per heavy atom. The third kappa shape index (κ3) is 4.65. The Labute approximate surface area is 75.0 Å². The number of rotatable bonds is 0. The van der Waals surface area contributed by atoms with Crippen molar-refractivity contribution < 1.29 is 0 Å². The molecule has 2 aromatic rings. The van der Waals surface area contributed by atoms with E-state index in [2.05, 4.69) is 11.6 Å². The van der Waals surface area contributed by atoms with Crippen LogP contribution < -0.4 is 0 Å². The van der Waals surface area contributed by atoms with Gasteiger partial charge in [-0.2, -0.15) is 0 Å². The van der Waals surface area contributed by atoms with Crippen LogP contribution in [0.25, 0.3) is 0 Å². The standard InChI is InChI=1S/C6H6.C5H5P/c2*1-2-4-6-5-3-1/h1-6H;1-5H. The van der Waals surface area contributed by atoms with Gasteiger partial charge < -0.3 is 0 Å². The Balaban J connectivity index is 0.000000120. The number of hydrogen-bond acceptors (Lipinski definition) is 0. The van der Waals surface area contributed by atoms with E-state index in [4.69, 9.17) is 0 Å². The summed E-state index contributed by atoms with van der Waals surface area (Å²) in [5.41, 5.74) is 0. The SMILES string of the molecule is c1ccccc1.c1ccpcc1. The third-order valence-electron chi connectivity index (χ3n) is 1.23. The molecule has 1 aromatic heterocycles. The van der Waals surface area contributed by atoms with Crippen molar-refractivity contribution in [1.29, 1.82) is 0 Å². The van der Waals surface area contributed by atoms with Gasteiger partial charge in [0.15, 0.2) is 0 Å². The molecule has 60 valence electrons. The lowest BCUT2D eigenvalue weighted by Gasteiger charge is -1.69. The first kappa shape index (κ1) is 8.96. The first-order chi connectivity index (χ1) is 6.00.